The van der Waals surface area contributed by atoms with Crippen LogP contribution in [-0.4, -0.2) is 40.6 Å². The molecule has 0 spiro atoms. The minimum atomic E-state index is -0.0175. The third kappa shape index (κ3) is 3.48. The molecule has 0 saturated carbocycles. The molecule has 2 rings (SSSR count). The average molecular weight is 287 g/mol. The van der Waals surface area contributed by atoms with Gasteiger partial charge in [0.15, 0.2) is 0 Å². The summed E-state index contributed by atoms with van der Waals surface area (Å²) in [5.74, 6) is 0.452. The van der Waals surface area contributed by atoms with Crippen LogP contribution in [0.5, 0.6) is 0 Å². The molecule has 1 saturated heterocycles. The molecule has 1 aromatic heterocycles. The number of amides is 1. The highest BCUT2D eigenvalue weighted by Crippen LogP contribution is 2.22. The quantitative estimate of drug-likeness (QED) is 0.866. The van der Waals surface area contributed by atoms with E-state index in [1.54, 1.807) is 0 Å². The number of carbonyl (C=O) groups is 1. The molecule has 1 atom stereocenters. The van der Waals surface area contributed by atoms with Crippen molar-refractivity contribution in [2.45, 2.75) is 32.6 Å². The van der Waals surface area contributed by atoms with Gasteiger partial charge in [0.05, 0.1) is 0 Å². The van der Waals surface area contributed by atoms with Gasteiger partial charge in [-0.25, -0.2) is 0 Å². The fourth-order valence-corrected chi connectivity index (χ4v) is 2.19. The maximum atomic E-state index is 12.3. The smallest absolute Gasteiger partial charge is 0.274 e. The van der Waals surface area contributed by atoms with E-state index in [2.05, 4.69) is 31.0 Å². The first-order valence-electron chi connectivity index (χ1n) is 6.47. The highest BCUT2D eigenvalue weighted by molar-refractivity contribution is 5.92. The number of hydrogen-bond acceptors (Lipinski definition) is 3. The van der Waals surface area contributed by atoms with Crippen molar-refractivity contribution in [3.8, 4) is 0 Å². The maximum Gasteiger partial charge on any atom is 0.274 e. The van der Waals surface area contributed by atoms with E-state index >= 15 is 0 Å². The zero-order valence-corrected chi connectivity index (χ0v) is 12.6. The van der Waals surface area contributed by atoms with Gasteiger partial charge in [-0.1, -0.05) is 20.8 Å². The van der Waals surface area contributed by atoms with E-state index in [1.165, 1.54) is 0 Å². The maximum absolute atomic E-state index is 12.3. The van der Waals surface area contributed by atoms with Gasteiger partial charge in [0, 0.05) is 24.2 Å². The lowest BCUT2D eigenvalue weighted by Crippen LogP contribution is -2.30. The Balaban J connectivity index is 0.00000180. The molecule has 0 aliphatic carbocycles. The van der Waals surface area contributed by atoms with E-state index in [9.17, 15) is 4.79 Å². The Kier molecular flexibility index (Phi) is 4.98. The second-order valence-electron chi connectivity index (χ2n) is 6.06. The number of halogens is 1. The molecule has 19 heavy (non-hydrogen) atoms. The van der Waals surface area contributed by atoms with E-state index in [0.717, 1.165) is 25.2 Å². The molecular formula is C13H23ClN4O. The van der Waals surface area contributed by atoms with E-state index in [0.29, 0.717) is 18.2 Å². The van der Waals surface area contributed by atoms with E-state index < -0.39 is 0 Å². The summed E-state index contributed by atoms with van der Waals surface area (Å²) in [7, 11) is 0. The van der Waals surface area contributed by atoms with Gasteiger partial charge in [-0.15, -0.1) is 12.4 Å². The molecule has 3 N–H and O–H groups in total. The molecule has 5 nitrogen and oxygen atoms in total. The van der Waals surface area contributed by atoms with Gasteiger partial charge in [-0.3, -0.25) is 9.89 Å². The fraction of sp³-hybridized carbons (Fsp3) is 0.692. The molecule has 0 radical (unpaired) electrons. The number of rotatable bonds is 2. The highest BCUT2D eigenvalue weighted by atomic mass is 35.5. The minimum absolute atomic E-state index is 0. The summed E-state index contributed by atoms with van der Waals surface area (Å²) in [5, 5.41) is 7.08. The molecule has 0 bridgehead atoms. The predicted molar refractivity (Wildman–Crippen MR) is 77.6 cm³/mol. The summed E-state index contributed by atoms with van der Waals surface area (Å²) >= 11 is 0. The number of nitrogens with two attached hydrogens (primary N) is 1. The number of aromatic nitrogens is 2. The SMILES string of the molecule is CC(C)(C)c1cc(C(=O)N2CCC(CN)C2)n[nH]1.Cl. The van der Waals surface area contributed by atoms with Gasteiger partial charge in [0.25, 0.3) is 5.91 Å². The van der Waals surface area contributed by atoms with Gasteiger partial charge in [0.1, 0.15) is 5.69 Å². The molecule has 1 aromatic rings. The van der Waals surface area contributed by atoms with Crippen LogP contribution in [0.2, 0.25) is 0 Å². The first kappa shape index (κ1) is 16.0. The summed E-state index contributed by atoms with van der Waals surface area (Å²) in [6, 6.07) is 1.86. The zero-order valence-electron chi connectivity index (χ0n) is 11.8. The van der Waals surface area contributed by atoms with Crippen molar-refractivity contribution in [2.24, 2.45) is 11.7 Å². The third-order valence-corrected chi connectivity index (χ3v) is 3.51. The monoisotopic (exact) mass is 286 g/mol. The summed E-state index contributed by atoms with van der Waals surface area (Å²) in [4.78, 5) is 14.1. The Morgan fingerprint density at radius 3 is 2.74 bits per heavy atom. The molecule has 2 heterocycles. The van der Waals surface area contributed by atoms with Crippen molar-refractivity contribution >= 4 is 18.3 Å². The van der Waals surface area contributed by atoms with E-state index in [4.69, 9.17) is 5.73 Å². The predicted octanol–water partition coefficient (Wildman–Crippen LogP) is 1.55. The minimum Gasteiger partial charge on any atom is -0.337 e. The third-order valence-electron chi connectivity index (χ3n) is 3.51. The number of aromatic amines is 1. The Labute approximate surface area is 120 Å². The molecule has 1 amide bonds. The number of nitrogens with zero attached hydrogens (tertiary/aromatic N) is 2. The largest absolute Gasteiger partial charge is 0.337 e. The highest BCUT2D eigenvalue weighted by Gasteiger charge is 2.28. The van der Waals surface area contributed by atoms with E-state index in [-0.39, 0.29) is 23.7 Å². The van der Waals surface area contributed by atoms with Crippen molar-refractivity contribution in [3.63, 3.8) is 0 Å². The molecule has 1 aliphatic rings. The summed E-state index contributed by atoms with van der Waals surface area (Å²) in [5.41, 5.74) is 7.12. The van der Waals surface area contributed by atoms with Crippen molar-refractivity contribution in [1.29, 1.82) is 0 Å². The molecule has 6 heteroatoms. The van der Waals surface area contributed by atoms with Gasteiger partial charge >= 0.3 is 0 Å². The summed E-state index contributed by atoms with van der Waals surface area (Å²) in [6.07, 6.45) is 0.999. The van der Waals surface area contributed by atoms with Crippen LogP contribution in [0.15, 0.2) is 6.07 Å². The van der Waals surface area contributed by atoms with Crippen LogP contribution >= 0.6 is 12.4 Å². The number of likely N-dealkylation sites (tertiary alicyclic amines) is 1. The van der Waals surface area contributed by atoms with Gasteiger partial charge in [-0.05, 0) is 24.9 Å². The number of hydrogen-bond donors (Lipinski definition) is 2. The Morgan fingerprint density at radius 1 is 1.58 bits per heavy atom. The lowest BCUT2D eigenvalue weighted by atomic mass is 9.92. The first-order chi connectivity index (χ1) is 8.41. The van der Waals surface area contributed by atoms with Crippen LogP contribution in [0, 0.1) is 5.92 Å². The standard InChI is InChI=1S/C13H22N4O.ClH/c1-13(2,3)11-6-10(15-16-11)12(18)17-5-4-9(7-14)8-17;/h6,9H,4-5,7-8,14H2,1-3H3,(H,15,16);1H. The molecular weight excluding hydrogens is 264 g/mol. The number of nitrogens with one attached hydrogen (secondary N) is 1. The van der Waals surface area contributed by atoms with Crippen molar-refractivity contribution < 1.29 is 4.79 Å². The second kappa shape index (κ2) is 5.92. The normalized spacial score (nSPS) is 19.4. The van der Waals surface area contributed by atoms with Crippen LogP contribution in [0.4, 0.5) is 0 Å². The lowest BCUT2D eigenvalue weighted by molar-refractivity contribution is 0.0782. The summed E-state index contributed by atoms with van der Waals surface area (Å²) in [6.45, 7) is 8.47. The van der Waals surface area contributed by atoms with Gasteiger partial charge in [0.2, 0.25) is 0 Å². The second-order valence-corrected chi connectivity index (χ2v) is 6.06. The van der Waals surface area contributed by atoms with Gasteiger partial charge in [-0.2, -0.15) is 5.10 Å². The topological polar surface area (TPSA) is 75.0 Å². The molecule has 0 aromatic carbocycles. The fourth-order valence-electron chi connectivity index (χ4n) is 2.19. The molecule has 1 unspecified atom stereocenters. The Bertz CT molecular complexity index is 438. The zero-order chi connectivity index (χ0) is 13.3. The molecule has 1 fully saturated rings. The Hall–Kier alpha value is -1.07. The van der Waals surface area contributed by atoms with Crippen LogP contribution in [0.25, 0.3) is 0 Å². The molecule has 1 aliphatic heterocycles. The number of carbonyl (C=O) groups excluding carboxylic acids is 1. The Morgan fingerprint density at radius 2 is 2.26 bits per heavy atom. The van der Waals surface area contributed by atoms with Crippen molar-refractivity contribution in [3.05, 3.63) is 17.5 Å². The van der Waals surface area contributed by atoms with Crippen molar-refractivity contribution in [2.75, 3.05) is 19.6 Å². The van der Waals surface area contributed by atoms with E-state index in [1.807, 2.05) is 11.0 Å². The number of H-pyrrole nitrogens is 1. The van der Waals surface area contributed by atoms with Crippen LogP contribution in [-0.2, 0) is 5.41 Å². The van der Waals surface area contributed by atoms with Crippen LogP contribution in [0.1, 0.15) is 43.4 Å². The van der Waals surface area contributed by atoms with Crippen LogP contribution in [0.3, 0.4) is 0 Å². The lowest BCUT2D eigenvalue weighted by Gasteiger charge is -2.15. The van der Waals surface area contributed by atoms with Crippen LogP contribution < -0.4 is 5.73 Å². The first-order valence-corrected chi connectivity index (χ1v) is 6.47. The van der Waals surface area contributed by atoms with Crippen molar-refractivity contribution in [1.82, 2.24) is 15.1 Å². The average Bonchev–Trinajstić information content (AvgIpc) is 2.96. The van der Waals surface area contributed by atoms with Gasteiger partial charge < -0.3 is 10.6 Å². The molecule has 108 valence electrons. The summed E-state index contributed by atoms with van der Waals surface area (Å²) < 4.78 is 0.